The first-order chi connectivity index (χ1) is 11.3. The molecule has 0 fully saturated rings. The van der Waals surface area contributed by atoms with E-state index in [4.69, 9.17) is 9.29 Å². The highest BCUT2D eigenvalue weighted by molar-refractivity contribution is 7.78. The molecule has 2 rings (SSSR count). The molecule has 1 unspecified atom stereocenters. The zero-order valence-electron chi connectivity index (χ0n) is 12.4. The van der Waals surface area contributed by atoms with E-state index >= 15 is 0 Å². The van der Waals surface area contributed by atoms with Crippen LogP contribution in [0.5, 0.6) is 5.75 Å². The summed E-state index contributed by atoms with van der Waals surface area (Å²) in [6.45, 7) is 0. The van der Waals surface area contributed by atoms with Crippen molar-refractivity contribution in [1.82, 2.24) is 0 Å². The van der Waals surface area contributed by atoms with E-state index in [9.17, 15) is 21.8 Å². The second-order valence-corrected chi connectivity index (χ2v) is 5.69. The van der Waals surface area contributed by atoms with Crippen molar-refractivity contribution in [2.24, 2.45) is 0 Å². The average molecular weight is 360 g/mol. The third-order valence-electron chi connectivity index (χ3n) is 3.21. The lowest BCUT2D eigenvalue weighted by molar-refractivity contribution is 0.408. The van der Waals surface area contributed by atoms with Crippen LogP contribution in [0, 0.1) is 23.3 Å². The summed E-state index contributed by atoms with van der Waals surface area (Å²) in [5.41, 5.74) is 0.336. The lowest BCUT2D eigenvalue weighted by Crippen LogP contribution is -1.99. The molecule has 0 aliphatic carbocycles. The third kappa shape index (κ3) is 4.01. The smallest absolute Gasteiger partial charge is 0.198 e. The summed E-state index contributed by atoms with van der Waals surface area (Å²) in [6.07, 6.45) is 2.33. The Hall–Kier alpha value is -2.19. The molecule has 0 aromatic heterocycles. The van der Waals surface area contributed by atoms with E-state index in [0.29, 0.717) is 22.9 Å². The molecule has 1 atom stereocenters. The standard InChI is InChI=1S/C16H12F4O3S/c1-23-12-5-4-11(8-24(21)22)9(6-12)2-3-10-7-13(17)15(19)16(20)14(10)18/h2-7H,8H2,1H3,(H,21,22). The summed E-state index contributed by atoms with van der Waals surface area (Å²) in [6, 6.07) is 5.13. The van der Waals surface area contributed by atoms with Crippen LogP contribution in [0.15, 0.2) is 24.3 Å². The van der Waals surface area contributed by atoms with Crippen LogP contribution in [0.25, 0.3) is 12.2 Å². The Kier molecular flexibility index (Phi) is 5.74. The van der Waals surface area contributed by atoms with E-state index in [-0.39, 0.29) is 5.75 Å². The van der Waals surface area contributed by atoms with Crippen molar-refractivity contribution in [3.8, 4) is 5.75 Å². The summed E-state index contributed by atoms with van der Waals surface area (Å²) in [4.78, 5) is 0. The number of hydrogen-bond donors (Lipinski definition) is 1. The maximum absolute atomic E-state index is 13.7. The van der Waals surface area contributed by atoms with Crippen molar-refractivity contribution in [2.75, 3.05) is 7.11 Å². The van der Waals surface area contributed by atoms with Crippen molar-refractivity contribution >= 4 is 23.2 Å². The van der Waals surface area contributed by atoms with Crippen LogP contribution in [-0.2, 0) is 16.8 Å². The Bertz CT molecular complexity index is 821. The van der Waals surface area contributed by atoms with Gasteiger partial charge in [0.2, 0.25) is 0 Å². The molecule has 3 nitrogen and oxygen atoms in total. The summed E-state index contributed by atoms with van der Waals surface area (Å²) >= 11 is -2.12. The largest absolute Gasteiger partial charge is 0.497 e. The molecule has 0 spiro atoms. The zero-order chi connectivity index (χ0) is 17.9. The highest BCUT2D eigenvalue weighted by Crippen LogP contribution is 2.24. The van der Waals surface area contributed by atoms with Gasteiger partial charge in [0.05, 0.1) is 12.9 Å². The Morgan fingerprint density at radius 2 is 1.71 bits per heavy atom. The lowest BCUT2D eigenvalue weighted by Gasteiger charge is -2.07. The number of methoxy groups -OCH3 is 1. The SMILES string of the molecule is COc1ccc(CS(=O)O)c(C=Cc2cc(F)c(F)c(F)c2F)c1. The van der Waals surface area contributed by atoms with Gasteiger partial charge in [-0.15, -0.1) is 0 Å². The normalized spacial score (nSPS) is 12.6. The predicted molar refractivity (Wildman–Crippen MR) is 82.7 cm³/mol. The maximum Gasteiger partial charge on any atom is 0.198 e. The number of halogens is 4. The van der Waals surface area contributed by atoms with Gasteiger partial charge in [-0.3, -0.25) is 0 Å². The Labute approximate surface area is 137 Å². The van der Waals surface area contributed by atoms with Crippen LogP contribution in [0.2, 0.25) is 0 Å². The molecule has 0 saturated carbocycles. The molecule has 24 heavy (non-hydrogen) atoms. The Balaban J connectivity index is 2.46. The van der Waals surface area contributed by atoms with Gasteiger partial charge < -0.3 is 9.29 Å². The minimum Gasteiger partial charge on any atom is -0.497 e. The fourth-order valence-electron chi connectivity index (χ4n) is 2.01. The van der Waals surface area contributed by atoms with Crippen molar-refractivity contribution in [2.45, 2.75) is 5.75 Å². The summed E-state index contributed by atoms with van der Waals surface area (Å²) in [5, 5.41) is 0. The minimum atomic E-state index is -2.12. The molecule has 0 aliphatic rings. The van der Waals surface area contributed by atoms with Gasteiger partial charge in [0, 0.05) is 5.56 Å². The van der Waals surface area contributed by atoms with Gasteiger partial charge in [-0.1, -0.05) is 18.2 Å². The first-order valence-corrected chi connectivity index (χ1v) is 7.86. The van der Waals surface area contributed by atoms with E-state index in [1.54, 1.807) is 6.07 Å². The molecule has 2 aromatic carbocycles. The second-order valence-electron chi connectivity index (χ2n) is 4.75. The number of rotatable bonds is 5. The highest BCUT2D eigenvalue weighted by atomic mass is 32.2. The van der Waals surface area contributed by atoms with E-state index in [2.05, 4.69) is 0 Å². The number of ether oxygens (including phenoxy) is 1. The molecular weight excluding hydrogens is 348 g/mol. The Morgan fingerprint density at radius 3 is 2.33 bits per heavy atom. The van der Waals surface area contributed by atoms with E-state index < -0.39 is 39.9 Å². The first kappa shape index (κ1) is 18.2. The van der Waals surface area contributed by atoms with Gasteiger partial charge in [-0.25, -0.2) is 21.8 Å². The van der Waals surface area contributed by atoms with Crippen molar-refractivity contribution < 1.29 is 31.1 Å². The topological polar surface area (TPSA) is 46.5 Å². The van der Waals surface area contributed by atoms with Gasteiger partial charge in [0.25, 0.3) is 0 Å². The van der Waals surface area contributed by atoms with Gasteiger partial charge in [-0.2, -0.15) is 0 Å². The molecule has 8 heteroatoms. The molecule has 0 radical (unpaired) electrons. The predicted octanol–water partition coefficient (Wildman–Crippen LogP) is 4.14. The fraction of sp³-hybridized carbons (Fsp3) is 0.125. The van der Waals surface area contributed by atoms with E-state index in [0.717, 1.165) is 6.08 Å². The van der Waals surface area contributed by atoms with E-state index in [1.807, 2.05) is 0 Å². The zero-order valence-corrected chi connectivity index (χ0v) is 13.2. The summed E-state index contributed by atoms with van der Waals surface area (Å²) in [7, 11) is 1.41. The molecule has 0 bridgehead atoms. The third-order valence-corrected chi connectivity index (χ3v) is 3.76. The van der Waals surface area contributed by atoms with Crippen LogP contribution in [0.1, 0.15) is 16.7 Å². The van der Waals surface area contributed by atoms with Crippen molar-refractivity contribution in [1.29, 1.82) is 0 Å². The molecule has 0 amide bonds. The van der Waals surface area contributed by atoms with Gasteiger partial charge in [-0.05, 0) is 29.3 Å². The first-order valence-electron chi connectivity index (χ1n) is 6.59. The Morgan fingerprint density at radius 1 is 1.04 bits per heavy atom. The molecular formula is C16H12F4O3S. The molecule has 1 N–H and O–H groups in total. The lowest BCUT2D eigenvalue weighted by atomic mass is 10.1. The molecule has 0 aliphatic heterocycles. The number of benzene rings is 2. The summed E-state index contributed by atoms with van der Waals surface area (Å²) < 4.78 is 78.1. The molecule has 0 saturated heterocycles. The highest BCUT2D eigenvalue weighted by Gasteiger charge is 2.17. The second kappa shape index (κ2) is 7.59. The molecule has 2 aromatic rings. The summed E-state index contributed by atoms with van der Waals surface area (Å²) in [5.74, 6) is -6.60. The van der Waals surface area contributed by atoms with Gasteiger partial charge in [0.1, 0.15) is 5.75 Å². The minimum absolute atomic E-state index is 0.196. The van der Waals surface area contributed by atoms with Gasteiger partial charge in [0.15, 0.2) is 34.3 Å². The maximum atomic E-state index is 13.7. The van der Waals surface area contributed by atoms with Crippen LogP contribution >= 0.6 is 0 Å². The molecule has 0 heterocycles. The van der Waals surface area contributed by atoms with Crippen LogP contribution in [0.4, 0.5) is 17.6 Å². The quantitative estimate of drug-likeness (QED) is 0.287. The average Bonchev–Trinajstić information content (AvgIpc) is 2.55. The van der Waals surface area contributed by atoms with Crippen molar-refractivity contribution in [3.63, 3.8) is 0 Å². The van der Waals surface area contributed by atoms with Crippen LogP contribution < -0.4 is 4.74 Å². The fourth-order valence-corrected chi connectivity index (χ4v) is 2.54. The van der Waals surface area contributed by atoms with Crippen LogP contribution in [0.3, 0.4) is 0 Å². The molecule has 128 valence electrons. The van der Waals surface area contributed by atoms with Crippen LogP contribution in [-0.4, -0.2) is 15.9 Å². The van der Waals surface area contributed by atoms with E-state index in [1.165, 1.54) is 25.3 Å². The number of hydrogen-bond acceptors (Lipinski definition) is 2. The monoisotopic (exact) mass is 360 g/mol. The van der Waals surface area contributed by atoms with Crippen molar-refractivity contribution in [3.05, 3.63) is 64.2 Å². The van der Waals surface area contributed by atoms with Gasteiger partial charge >= 0.3 is 0 Å².